The zero-order valence-corrected chi connectivity index (χ0v) is 9.12. The second-order valence-corrected chi connectivity index (χ2v) is 3.24. The van der Waals surface area contributed by atoms with Crippen molar-refractivity contribution >= 4 is 11.6 Å². The first-order valence-electron chi connectivity index (χ1n) is 4.75. The molecule has 0 spiro atoms. The van der Waals surface area contributed by atoms with Crippen LogP contribution in [0.4, 0.5) is 18.9 Å². The third kappa shape index (κ3) is 3.95. The van der Waals surface area contributed by atoms with Crippen molar-refractivity contribution in [2.24, 2.45) is 0 Å². The van der Waals surface area contributed by atoms with Gasteiger partial charge in [-0.3, -0.25) is 4.79 Å². The molecule has 0 atom stereocenters. The third-order valence-electron chi connectivity index (χ3n) is 2.05. The first kappa shape index (κ1) is 13.3. The predicted molar refractivity (Wildman–Crippen MR) is 54.3 cm³/mol. The Bertz CT molecular complexity index is 390. The second-order valence-electron chi connectivity index (χ2n) is 3.24. The van der Waals surface area contributed by atoms with Gasteiger partial charge in [0.05, 0.1) is 0 Å². The second kappa shape index (κ2) is 5.05. The van der Waals surface area contributed by atoms with Crippen molar-refractivity contribution in [3.63, 3.8) is 0 Å². The molecule has 0 saturated carbocycles. The van der Waals surface area contributed by atoms with Crippen LogP contribution < -0.4 is 15.4 Å². The van der Waals surface area contributed by atoms with E-state index in [1.165, 1.54) is 24.1 Å². The fraction of sp³-hybridized carbons (Fsp3) is 0.300. The lowest BCUT2D eigenvalue weighted by molar-refractivity contribution is -0.354. The number of nitrogens with zero attached hydrogens (tertiary/aromatic N) is 1. The number of rotatable bonds is 3. The molecular formula is C10H12F3N2O2+. The van der Waals surface area contributed by atoms with Crippen LogP contribution in [-0.2, 0) is 4.79 Å². The molecule has 0 saturated heterocycles. The summed E-state index contributed by atoms with van der Waals surface area (Å²) in [5.74, 6) is -0.550. The Morgan fingerprint density at radius 3 is 2.29 bits per heavy atom. The minimum Gasteiger partial charge on any atom is -0.406 e. The largest absolute Gasteiger partial charge is 0.573 e. The number of carbonyl (C=O) groups is 1. The van der Waals surface area contributed by atoms with E-state index in [1.54, 1.807) is 0 Å². The summed E-state index contributed by atoms with van der Waals surface area (Å²) in [5.41, 5.74) is 3.91. The van der Waals surface area contributed by atoms with Crippen molar-refractivity contribution in [2.45, 2.75) is 6.36 Å². The van der Waals surface area contributed by atoms with Crippen LogP contribution in [0.3, 0.4) is 0 Å². The predicted octanol–water partition coefficient (Wildman–Crippen LogP) is 0.790. The monoisotopic (exact) mass is 249 g/mol. The average molecular weight is 249 g/mol. The van der Waals surface area contributed by atoms with Crippen molar-refractivity contribution in [2.75, 3.05) is 18.5 Å². The lowest BCUT2D eigenvalue weighted by Crippen LogP contribution is -2.57. The summed E-state index contributed by atoms with van der Waals surface area (Å²) in [6.45, 7) is 0.0807. The number of ether oxygens (including phenoxy) is 1. The standard InChI is InChI=1S/C10H11F3N2O2/c1-15(9(16)6-14)7-2-4-8(5-3-7)17-10(11,12)13/h2-5H,6,14H2,1H3/p+1. The van der Waals surface area contributed by atoms with E-state index in [9.17, 15) is 18.0 Å². The highest BCUT2D eigenvalue weighted by atomic mass is 19.4. The summed E-state index contributed by atoms with van der Waals surface area (Å²) in [5, 5.41) is 0. The minimum absolute atomic E-state index is 0.0807. The van der Waals surface area contributed by atoms with Gasteiger partial charge in [-0.2, -0.15) is 0 Å². The Hall–Kier alpha value is -1.76. The van der Waals surface area contributed by atoms with Crippen LogP contribution in [-0.4, -0.2) is 25.9 Å². The smallest absolute Gasteiger partial charge is 0.406 e. The van der Waals surface area contributed by atoms with Crippen molar-refractivity contribution in [1.29, 1.82) is 0 Å². The van der Waals surface area contributed by atoms with Gasteiger partial charge in [-0.05, 0) is 24.3 Å². The summed E-state index contributed by atoms with van der Waals surface area (Å²) in [6, 6.07) is 5.04. The third-order valence-corrected chi connectivity index (χ3v) is 2.05. The fourth-order valence-corrected chi connectivity index (χ4v) is 1.18. The molecule has 0 unspecified atom stereocenters. The van der Waals surface area contributed by atoms with Crippen LogP contribution in [0.5, 0.6) is 5.75 Å². The number of quaternary nitrogens is 1. The zero-order chi connectivity index (χ0) is 13.1. The number of hydrogen-bond acceptors (Lipinski definition) is 2. The molecule has 1 rings (SSSR count). The molecule has 17 heavy (non-hydrogen) atoms. The van der Waals surface area contributed by atoms with Gasteiger partial charge in [0.15, 0.2) is 6.54 Å². The van der Waals surface area contributed by atoms with Crippen LogP contribution in [0.2, 0.25) is 0 Å². The van der Waals surface area contributed by atoms with Gasteiger partial charge in [-0.25, -0.2) is 0 Å². The maximum Gasteiger partial charge on any atom is 0.573 e. The summed E-state index contributed by atoms with van der Waals surface area (Å²) < 4.78 is 39.4. The minimum atomic E-state index is -4.71. The van der Waals surface area contributed by atoms with Gasteiger partial charge in [0, 0.05) is 12.7 Å². The lowest BCUT2D eigenvalue weighted by Gasteiger charge is -2.16. The number of hydrogen-bond donors (Lipinski definition) is 1. The summed E-state index contributed by atoms with van der Waals surface area (Å²) in [4.78, 5) is 12.6. The quantitative estimate of drug-likeness (QED) is 0.861. The van der Waals surface area contributed by atoms with E-state index < -0.39 is 6.36 Å². The highest BCUT2D eigenvalue weighted by molar-refractivity contribution is 5.93. The van der Waals surface area contributed by atoms with Crippen LogP contribution >= 0.6 is 0 Å². The molecule has 0 radical (unpaired) electrons. The Morgan fingerprint density at radius 1 is 1.35 bits per heavy atom. The molecule has 4 nitrogen and oxygen atoms in total. The van der Waals surface area contributed by atoms with Gasteiger partial charge in [0.2, 0.25) is 0 Å². The van der Waals surface area contributed by atoms with Crippen LogP contribution in [0.15, 0.2) is 24.3 Å². The molecule has 0 aliphatic rings. The van der Waals surface area contributed by atoms with Gasteiger partial charge in [-0.1, -0.05) is 0 Å². The van der Waals surface area contributed by atoms with E-state index in [2.05, 4.69) is 10.5 Å². The molecular weight excluding hydrogens is 237 g/mol. The van der Waals surface area contributed by atoms with Gasteiger partial charge in [0.25, 0.3) is 5.91 Å². The highest BCUT2D eigenvalue weighted by Gasteiger charge is 2.31. The zero-order valence-electron chi connectivity index (χ0n) is 9.12. The first-order valence-corrected chi connectivity index (χ1v) is 4.75. The van der Waals surface area contributed by atoms with Crippen LogP contribution in [0.25, 0.3) is 0 Å². The topological polar surface area (TPSA) is 57.2 Å². The van der Waals surface area contributed by atoms with Gasteiger partial charge in [-0.15, -0.1) is 13.2 Å². The molecule has 1 amide bonds. The normalized spacial score (nSPS) is 11.1. The van der Waals surface area contributed by atoms with E-state index in [-0.39, 0.29) is 18.2 Å². The molecule has 3 N–H and O–H groups in total. The molecule has 0 fully saturated rings. The van der Waals surface area contributed by atoms with Crippen LogP contribution in [0.1, 0.15) is 0 Å². The molecule has 1 aromatic carbocycles. The van der Waals surface area contributed by atoms with E-state index in [0.717, 1.165) is 12.1 Å². The lowest BCUT2D eigenvalue weighted by atomic mass is 10.3. The summed E-state index contributed by atoms with van der Waals surface area (Å²) in [6.07, 6.45) is -4.71. The van der Waals surface area contributed by atoms with Crippen LogP contribution in [0, 0.1) is 0 Å². The average Bonchev–Trinajstić information content (AvgIpc) is 2.26. The number of benzene rings is 1. The number of amides is 1. The van der Waals surface area contributed by atoms with Gasteiger partial charge in [0.1, 0.15) is 5.75 Å². The molecule has 0 bridgehead atoms. The van der Waals surface area contributed by atoms with Gasteiger partial charge < -0.3 is 15.4 Å². The number of anilines is 1. The van der Waals surface area contributed by atoms with Crippen molar-refractivity contribution in [3.8, 4) is 5.75 Å². The van der Waals surface area contributed by atoms with Crippen molar-refractivity contribution < 1.29 is 28.4 Å². The Kier molecular flexibility index (Phi) is 3.95. The number of carbonyl (C=O) groups excluding carboxylic acids is 1. The Morgan fingerprint density at radius 2 is 1.88 bits per heavy atom. The van der Waals surface area contributed by atoms with E-state index >= 15 is 0 Å². The fourth-order valence-electron chi connectivity index (χ4n) is 1.18. The maximum absolute atomic E-state index is 11.9. The molecule has 0 aromatic heterocycles. The molecule has 94 valence electrons. The Balaban J connectivity index is 2.78. The van der Waals surface area contributed by atoms with E-state index in [1.807, 2.05) is 0 Å². The van der Waals surface area contributed by atoms with E-state index in [4.69, 9.17) is 0 Å². The highest BCUT2D eigenvalue weighted by Crippen LogP contribution is 2.24. The molecule has 0 heterocycles. The van der Waals surface area contributed by atoms with Gasteiger partial charge >= 0.3 is 6.36 Å². The number of alkyl halides is 3. The molecule has 7 heteroatoms. The Labute approximate surface area is 95.8 Å². The van der Waals surface area contributed by atoms with Crippen molar-refractivity contribution in [1.82, 2.24) is 0 Å². The maximum atomic E-state index is 11.9. The molecule has 1 aromatic rings. The van der Waals surface area contributed by atoms with Crippen molar-refractivity contribution in [3.05, 3.63) is 24.3 Å². The number of likely N-dealkylation sites (N-methyl/N-ethyl adjacent to an activating group) is 1. The summed E-state index contributed by atoms with van der Waals surface area (Å²) >= 11 is 0. The molecule has 0 aliphatic carbocycles. The first-order chi connectivity index (χ1) is 7.83. The van der Waals surface area contributed by atoms with E-state index in [0.29, 0.717) is 5.69 Å². The summed E-state index contributed by atoms with van der Waals surface area (Å²) in [7, 11) is 1.52. The molecule has 0 aliphatic heterocycles. The number of halogens is 3. The SMILES string of the molecule is CN(C(=O)C[NH3+])c1ccc(OC(F)(F)F)cc1.